The minimum absolute atomic E-state index is 0.268. The maximum Gasteiger partial charge on any atom is 0.223 e. The third-order valence-electron chi connectivity index (χ3n) is 3.48. The maximum atomic E-state index is 11.9. The second kappa shape index (κ2) is 4.94. The Labute approximate surface area is 116 Å². The lowest BCUT2D eigenvalue weighted by atomic mass is 10.1. The first-order valence-corrected chi connectivity index (χ1v) is 7.63. The largest absolute Gasteiger partial charge is 0.338 e. The van der Waals surface area contributed by atoms with E-state index in [9.17, 15) is 4.79 Å². The summed E-state index contributed by atoms with van der Waals surface area (Å²) in [5, 5.41) is 3.45. The minimum Gasteiger partial charge on any atom is -0.338 e. The summed E-state index contributed by atoms with van der Waals surface area (Å²) in [7, 11) is 0. The van der Waals surface area contributed by atoms with E-state index in [1.54, 1.807) is 11.3 Å². The van der Waals surface area contributed by atoms with Gasteiger partial charge in [0.05, 0.1) is 0 Å². The van der Waals surface area contributed by atoms with E-state index in [2.05, 4.69) is 42.3 Å². The summed E-state index contributed by atoms with van der Waals surface area (Å²) in [6, 6.07) is 8.38. The molecule has 1 aliphatic rings. The zero-order chi connectivity index (χ0) is 12.5. The molecule has 0 N–H and O–H groups in total. The second-order valence-electron chi connectivity index (χ2n) is 4.78. The zero-order valence-corrected chi connectivity index (χ0v) is 11.7. The Bertz CT molecular complexity index is 578. The predicted octanol–water partition coefficient (Wildman–Crippen LogP) is 3.18. The highest BCUT2D eigenvalue weighted by Gasteiger charge is 2.28. The Morgan fingerprint density at radius 2 is 2.22 bits per heavy atom. The van der Waals surface area contributed by atoms with Gasteiger partial charge in [-0.3, -0.25) is 4.79 Å². The second-order valence-corrected chi connectivity index (χ2v) is 6.06. The van der Waals surface area contributed by atoms with Crippen LogP contribution in [0.15, 0.2) is 29.6 Å². The summed E-state index contributed by atoms with van der Waals surface area (Å²) in [6.07, 6.45) is 0.658. The molecule has 1 unspecified atom stereocenters. The number of hydrogen-bond donors (Lipinski definition) is 1. The highest BCUT2D eigenvalue weighted by molar-refractivity contribution is 7.80. The molecular weight excluding hydrogens is 262 g/mol. The lowest BCUT2D eigenvalue weighted by Crippen LogP contribution is -2.24. The van der Waals surface area contributed by atoms with E-state index < -0.39 is 0 Å². The van der Waals surface area contributed by atoms with Gasteiger partial charge in [-0.15, -0.1) is 11.3 Å². The highest BCUT2D eigenvalue weighted by atomic mass is 32.1. The topological polar surface area (TPSA) is 20.3 Å². The lowest BCUT2D eigenvalue weighted by molar-refractivity contribution is -0.128. The van der Waals surface area contributed by atoms with Gasteiger partial charge in [-0.05, 0) is 34.1 Å². The third-order valence-corrected chi connectivity index (χ3v) is 5.00. The van der Waals surface area contributed by atoms with Crippen molar-refractivity contribution in [2.45, 2.75) is 13.0 Å². The van der Waals surface area contributed by atoms with E-state index in [0.717, 1.165) is 18.8 Å². The molecule has 18 heavy (non-hydrogen) atoms. The van der Waals surface area contributed by atoms with E-state index in [4.69, 9.17) is 0 Å². The van der Waals surface area contributed by atoms with Crippen molar-refractivity contribution in [1.29, 1.82) is 0 Å². The lowest BCUT2D eigenvalue weighted by Gasteiger charge is -2.15. The molecule has 1 atom stereocenters. The third kappa shape index (κ3) is 2.15. The summed E-state index contributed by atoms with van der Waals surface area (Å²) in [6.45, 7) is 1.60. The number of amides is 1. The van der Waals surface area contributed by atoms with Crippen molar-refractivity contribution in [3.8, 4) is 0 Å². The van der Waals surface area contributed by atoms with Gasteiger partial charge in [0, 0.05) is 24.2 Å². The smallest absolute Gasteiger partial charge is 0.223 e. The normalized spacial score (nSPS) is 19.9. The summed E-state index contributed by atoms with van der Waals surface area (Å²) in [4.78, 5) is 13.9. The van der Waals surface area contributed by atoms with Crippen LogP contribution in [0.3, 0.4) is 0 Å². The molecule has 1 amide bonds. The summed E-state index contributed by atoms with van der Waals surface area (Å²) in [5.41, 5.74) is 1.27. The number of rotatable bonds is 3. The van der Waals surface area contributed by atoms with Gasteiger partial charge in [0.15, 0.2) is 0 Å². The molecule has 4 heteroatoms. The van der Waals surface area contributed by atoms with Crippen LogP contribution >= 0.6 is 24.0 Å². The number of carbonyl (C=O) groups is 1. The Hall–Kier alpha value is -1.00. The van der Waals surface area contributed by atoms with Crippen molar-refractivity contribution in [3.63, 3.8) is 0 Å². The summed E-state index contributed by atoms with van der Waals surface area (Å²) >= 11 is 6.05. The van der Waals surface area contributed by atoms with Crippen LogP contribution in [0, 0.1) is 5.92 Å². The molecular formula is C14H15NOS2. The number of hydrogen-bond acceptors (Lipinski definition) is 3. The fourth-order valence-corrected chi connectivity index (χ4v) is 3.69. The van der Waals surface area contributed by atoms with Crippen LogP contribution in [0.1, 0.15) is 12.0 Å². The van der Waals surface area contributed by atoms with Crippen LogP contribution in [-0.4, -0.2) is 23.1 Å². The van der Waals surface area contributed by atoms with Crippen molar-refractivity contribution >= 4 is 40.0 Å². The summed E-state index contributed by atoms with van der Waals surface area (Å²) < 4.78 is 1.30. The number of thiol groups is 1. The van der Waals surface area contributed by atoms with E-state index >= 15 is 0 Å². The van der Waals surface area contributed by atoms with Crippen LogP contribution in [0.25, 0.3) is 10.1 Å². The van der Waals surface area contributed by atoms with E-state index in [-0.39, 0.29) is 5.91 Å². The van der Waals surface area contributed by atoms with Gasteiger partial charge in [0.2, 0.25) is 5.91 Å². The number of carbonyl (C=O) groups excluding carboxylic acids is 1. The molecule has 1 aliphatic heterocycles. The Morgan fingerprint density at radius 3 is 3.00 bits per heavy atom. The van der Waals surface area contributed by atoms with Crippen molar-refractivity contribution < 1.29 is 4.79 Å². The molecule has 0 aliphatic carbocycles. The fourth-order valence-electron chi connectivity index (χ4n) is 2.49. The quantitative estimate of drug-likeness (QED) is 0.854. The summed E-state index contributed by atoms with van der Waals surface area (Å²) in [5.74, 6) is 1.49. The predicted molar refractivity (Wildman–Crippen MR) is 79.2 cm³/mol. The number of fused-ring (bicyclic) bond motifs is 1. The number of nitrogens with zero attached hydrogens (tertiary/aromatic N) is 1. The molecule has 0 spiro atoms. The van der Waals surface area contributed by atoms with Crippen LogP contribution in [0.2, 0.25) is 0 Å². The average molecular weight is 277 g/mol. The first-order valence-electron chi connectivity index (χ1n) is 6.11. The van der Waals surface area contributed by atoms with Crippen molar-refractivity contribution in [2.24, 2.45) is 5.92 Å². The Balaban J connectivity index is 1.83. The average Bonchev–Trinajstić information content (AvgIpc) is 2.95. The molecule has 1 aromatic heterocycles. The molecule has 1 saturated heterocycles. The molecule has 0 saturated carbocycles. The van der Waals surface area contributed by atoms with Gasteiger partial charge < -0.3 is 4.90 Å². The molecule has 2 heterocycles. The van der Waals surface area contributed by atoms with Gasteiger partial charge in [-0.1, -0.05) is 18.2 Å². The zero-order valence-electron chi connectivity index (χ0n) is 10.0. The molecule has 0 radical (unpaired) electrons. The van der Waals surface area contributed by atoms with Crippen LogP contribution in [0.4, 0.5) is 0 Å². The fraction of sp³-hybridized carbons (Fsp3) is 0.357. The van der Waals surface area contributed by atoms with Crippen molar-refractivity contribution in [3.05, 3.63) is 35.2 Å². The van der Waals surface area contributed by atoms with Gasteiger partial charge in [0.25, 0.3) is 0 Å². The van der Waals surface area contributed by atoms with Crippen LogP contribution < -0.4 is 0 Å². The number of benzene rings is 1. The van der Waals surface area contributed by atoms with Crippen LogP contribution in [0.5, 0.6) is 0 Å². The number of thiophene rings is 1. The van der Waals surface area contributed by atoms with Crippen molar-refractivity contribution in [1.82, 2.24) is 4.90 Å². The van der Waals surface area contributed by atoms with E-state index in [0.29, 0.717) is 12.3 Å². The molecule has 94 valence electrons. The maximum absolute atomic E-state index is 11.9. The van der Waals surface area contributed by atoms with Gasteiger partial charge in [-0.2, -0.15) is 12.6 Å². The standard InChI is InChI=1S/C14H15NOS2/c16-14-5-10(8-17)6-15(14)7-11-9-18-13-4-2-1-3-12(11)13/h1-4,9-10,17H,5-8H2. The minimum atomic E-state index is 0.268. The molecule has 1 fully saturated rings. The molecule has 2 aromatic rings. The Morgan fingerprint density at radius 1 is 1.39 bits per heavy atom. The SMILES string of the molecule is O=C1CC(CS)CN1Cc1csc2ccccc12. The number of likely N-dealkylation sites (tertiary alicyclic amines) is 1. The van der Waals surface area contributed by atoms with Gasteiger partial charge in [0.1, 0.15) is 0 Å². The van der Waals surface area contributed by atoms with Crippen molar-refractivity contribution in [2.75, 3.05) is 12.3 Å². The van der Waals surface area contributed by atoms with Gasteiger partial charge >= 0.3 is 0 Å². The molecule has 3 rings (SSSR count). The molecule has 2 nitrogen and oxygen atoms in total. The molecule has 1 aromatic carbocycles. The first-order chi connectivity index (χ1) is 8.78. The highest BCUT2D eigenvalue weighted by Crippen LogP contribution is 2.28. The molecule has 0 bridgehead atoms. The first kappa shape index (κ1) is 12.1. The van der Waals surface area contributed by atoms with Gasteiger partial charge in [-0.25, -0.2) is 0 Å². The monoisotopic (exact) mass is 277 g/mol. The Kier molecular flexibility index (Phi) is 3.31. The van der Waals surface area contributed by atoms with E-state index in [1.807, 2.05) is 4.90 Å². The van der Waals surface area contributed by atoms with E-state index in [1.165, 1.54) is 15.6 Å². The van der Waals surface area contributed by atoms with Crippen LogP contribution in [-0.2, 0) is 11.3 Å².